The fraction of sp³-hybridized carbons (Fsp3) is 0.281. The van der Waals surface area contributed by atoms with Crippen LogP contribution in [0.2, 0.25) is 0 Å². The molecule has 238 valence electrons. The van der Waals surface area contributed by atoms with Gasteiger partial charge < -0.3 is 34.7 Å². The molecule has 11 nitrogen and oxygen atoms in total. The Morgan fingerprint density at radius 3 is 2.56 bits per heavy atom. The number of methoxy groups -OCH3 is 1. The summed E-state index contributed by atoms with van der Waals surface area (Å²) in [5, 5.41) is 20.0. The van der Waals surface area contributed by atoms with Gasteiger partial charge in [-0.15, -0.1) is 0 Å². The first-order valence-corrected chi connectivity index (χ1v) is 15.9. The third-order valence-corrected chi connectivity index (χ3v) is 8.02. The van der Waals surface area contributed by atoms with E-state index in [0.717, 1.165) is 24.9 Å². The summed E-state index contributed by atoms with van der Waals surface area (Å²) in [5.41, 5.74) is 6.99. The summed E-state index contributed by atoms with van der Waals surface area (Å²) < 4.78 is 24.2. The maximum Gasteiger partial charge on any atom is 0.337 e. The normalized spacial score (nSPS) is 15.3. The molecule has 0 saturated heterocycles. The number of hydrogen-bond acceptors (Lipinski definition) is 9. The van der Waals surface area contributed by atoms with Crippen LogP contribution in [0.1, 0.15) is 42.1 Å². The van der Waals surface area contributed by atoms with Crippen LogP contribution >= 0.6 is 38.5 Å². The first kappa shape index (κ1) is 34.1. The van der Waals surface area contributed by atoms with Gasteiger partial charge in [-0.25, -0.2) is 9.59 Å². The molecule has 0 aromatic heterocycles. The van der Waals surface area contributed by atoms with Gasteiger partial charge in [0.2, 0.25) is 0 Å². The molecule has 4 rings (SSSR count). The molecule has 2 atom stereocenters. The number of carbonyl (C=O) groups is 2. The van der Waals surface area contributed by atoms with Crippen LogP contribution in [0.15, 0.2) is 75.4 Å². The predicted octanol–water partition coefficient (Wildman–Crippen LogP) is 5.46. The Balaban J connectivity index is 1.37. The Kier molecular flexibility index (Phi) is 12.1. The summed E-state index contributed by atoms with van der Waals surface area (Å²) in [5.74, 6) is 0.915. The van der Waals surface area contributed by atoms with Crippen LogP contribution in [0.5, 0.6) is 17.2 Å². The standard InChI is InChI=1S/C32H34BrIN4O7/c1-5-43-26-14-22(29-28(31(40)42-4)19(3)36-32(41)37-29)10-11-25(26)44-17-27(39)38-35-15-21-12-23(33)30(24(34)13-21)45-16-20-8-6-18(2)7-9-20/h6-15,27,29,38-39H,5,16-17H2,1-4H3,(H2,36,37,41)/b35-15-/t27-,29+/m0/s1. The molecule has 0 spiro atoms. The summed E-state index contributed by atoms with van der Waals surface area (Å²) in [4.78, 5) is 24.6. The average molecular weight is 793 g/mol. The number of hydrazone groups is 1. The van der Waals surface area contributed by atoms with E-state index in [2.05, 4.69) is 71.8 Å². The highest BCUT2D eigenvalue weighted by Crippen LogP contribution is 2.35. The number of nitrogens with zero attached hydrogens (tertiary/aromatic N) is 1. The number of esters is 1. The third kappa shape index (κ3) is 9.11. The highest BCUT2D eigenvalue weighted by Gasteiger charge is 2.32. The molecule has 0 bridgehead atoms. The zero-order valence-corrected chi connectivity index (χ0v) is 28.9. The number of halogens is 2. The predicted molar refractivity (Wildman–Crippen MR) is 181 cm³/mol. The van der Waals surface area contributed by atoms with Crippen LogP contribution in [-0.4, -0.2) is 49.9 Å². The zero-order chi connectivity index (χ0) is 32.5. The lowest BCUT2D eigenvalue weighted by Gasteiger charge is -2.28. The highest BCUT2D eigenvalue weighted by molar-refractivity contribution is 14.1. The fourth-order valence-electron chi connectivity index (χ4n) is 4.45. The van der Waals surface area contributed by atoms with E-state index in [4.69, 9.17) is 18.9 Å². The van der Waals surface area contributed by atoms with Crippen LogP contribution in [0.25, 0.3) is 0 Å². The van der Waals surface area contributed by atoms with Gasteiger partial charge in [-0.05, 0) is 100 Å². The van der Waals surface area contributed by atoms with Gasteiger partial charge in [-0.1, -0.05) is 35.9 Å². The van der Waals surface area contributed by atoms with Crippen molar-refractivity contribution in [1.82, 2.24) is 16.1 Å². The first-order valence-electron chi connectivity index (χ1n) is 14.0. The van der Waals surface area contributed by atoms with Gasteiger partial charge in [0.15, 0.2) is 17.7 Å². The van der Waals surface area contributed by atoms with Crippen molar-refractivity contribution in [3.05, 3.63) is 96.2 Å². The number of amides is 2. The second-order valence-electron chi connectivity index (χ2n) is 10.0. The molecule has 4 N–H and O–H groups in total. The molecule has 1 aliphatic rings. The van der Waals surface area contributed by atoms with Gasteiger partial charge in [0.1, 0.15) is 19.0 Å². The van der Waals surface area contributed by atoms with Gasteiger partial charge in [0.05, 0.1) is 39.6 Å². The molecular formula is C32H34BrIN4O7. The van der Waals surface area contributed by atoms with Crippen molar-refractivity contribution >= 4 is 56.7 Å². The van der Waals surface area contributed by atoms with Crippen molar-refractivity contribution in [2.24, 2.45) is 5.10 Å². The van der Waals surface area contributed by atoms with Crippen molar-refractivity contribution in [3.8, 4) is 17.2 Å². The molecule has 2 amide bonds. The number of allylic oxidation sites excluding steroid dienone is 1. The summed E-state index contributed by atoms with van der Waals surface area (Å²) >= 11 is 5.79. The molecular weight excluding hydrogens is 759 g/mol. The summed E-state index contributed by atoms with van der Waals surface area (Å²) in [7, 11) is 1.28. The van der Waals surface area contributed by atoms with Crippen molar-refractivity contribution in [3.63, 3.8) is 0 Å². The second-order valence-corrected chi connectivity index (χ2v) is 12.0. The van der Waals surface area contributed by atoms with Crippen molar-refractivity contribution in [1.29, 1.82) is 0 Å². The van der Waals surface area contributed by atoms with Crippen LogP contribution in [0.4, 0.5) is 4.79 Å². The lowest BCUT2D eigenvalue weighted by atomic mass is 9.95. The first-order chi connectivity index (χ1) is 21.6. The van der Waals surface area contributed by atoms with Crippen molar-refractivity contribution < 1.29 is 33.6 Å². The van der Waals surface area contributed by atoms with E-state index in [1.165, 1.54) is 12.7 Å². The van der Waals surface area contributed by atoms with E-state index < -0.39 is 24.3 Å². The van der Waals surface area contributed by atoms with E-state index in [0.29, 0.717) is 36.0 Å². The number of hydrogen-bond donors (Lipinski definition) is 4. The Hall–Kier alpha value is -3.82. The van der Waals surface area contributed by atoms with Gasteiger partial charge in [0, 0.05) is 5.70 Å². The van der Waals surface area contributed by atoms with Crippen LogP contribution in [0, 0.1) is 10.5 Å². The van der Waals surface area contributed by atoms with Gasteiger partial charge in [-0.2, -0.15) is 5.10 Å². The van der Waals surface area contributed by atoms with E-state index in [1.807, 2.05) is 38.1 Å². The molecule has 0 aliphatic carbocycles. The molecule has 0 saturated carbocycles. The Labute approximate surface area is 283 Å². The number of benzene rings is 3. The maximum atomic E-state index is 12.4. The summed E-state index contributed by atoms with van der Waals surface area (Å²) in [6, 6.07) is 15.8. The smallest absolute Gasteiger partial charge is 0.337 e. The average Bonchev–Trinajstić information content (AvgIpc) is 3.00. The minimum absolute atomic E-state index is 0.139. The van der Waals surface area contributed by atoms with Crippen LogP contribution < -0.4 is 30.3 Å². The molecule has 3 aromatic carbocycles. The molecule has 1 heterocycles. The summed E-state index contributed by atoms with van der Waals surface area (Å²) in [6.07, 6.45) is 0.456. The minimum Gasteiger partial charge on any atom is -0.490 e. The molecule has 0 unspecified atom stereocenters. The molecule has 13 heteroatoms. The molecule has 0 radical (unpaired) electrons. The molecule has 1 aliphatic heterocycles. The lowest BCUT2D eigenvalue weighted by molar-refractivity contribution is -0.136. The highest BCUT2D eigenvalue weighted by atomic mass is 127. The number of aliphatic hydroxyl groups excluding tert-OH is 1. The number of urea groups is 1. The van der Waals surface area contributed by atoms with Gasteiger partial charge in [-0.3, -0.25) is 5.43 Å². The minimum atomic E-state index is -1.13. The number of ether oxygens (including phenoxy) is 4. The number of aliphatic hydroxyl groups is 1. The topological polar surface area (TPSA) is 140 Å². The second kappa shape index (κ2) is 16.0. The van der Waals surface area contributed by atoms with E-state index in [1.54, 1.807) is 31.3 Å². The number of nitrogens with one attached hydrogen (secondary N) is 3. The largest absolute Gasteiger partial charge is 0.490 e. The number of rotatable bonds is 13. The lowest BCUT2D eigenvalue weighted by Crippen LogP contribution is -2.45. The van der Waals surface area contributed by atoms with Crippen molar-refractivity contribution in [2.45, 2.75) is 39.6 Å². The van der Waals surface area contributed by atoms with Crippen LogP contribution in [0.3, 0.4) is 0 Å². The quantitative estimate of drug-likeness (QED) is 0.0589. The SMILES string of the molecule is CCOc1cc([C@H]2NC(=O)NC(C)=C2C(=O)OC)ccc1OC[C@H](O)N/N=C\c1cc(Br)c(OCc2ccc(C)cc2)c(I)c1. The Bertz CT molecular complexity index is 1570. The maximum absolute atomic E-state index is 12.4. The van der Waals surface area contributed by atoms with E-state index >= 15 is 0 Å². The van der Waals surface area contributed by atoms with Crippen LogP contribution in [-0.2, 0) is 16.1 Å². The zero-order valence-electron chi connectivity index (χ0n) is 25.1. The summed E-state index contributed by atoms with van der Waals surface area (Å²) in [6.45, 7) is 6.15. The Morgan fingerprint density at radius 2 is 1.87 bits per heavy atom. The molecule has 3 aromatic rings. The van der Waals surface area contributed by atoms with Gasteiger partial charge >= 0.3 is 12.0 Å². The number of carbonyl (C=O) groups excluding carboxylic acids is 2. The monoisotopic (exact) mass is 792 g/mol. The fourth-order valence-corrected chi connectivity index (χ4v) is 6.22. The molecule has 45 heavy (non-hydrogen) atoms. The van der Waals surface area contributed by atoms with E-state index in [-0.39, 0.29) is 12.2 Å². The third-order valence-electron chi connectivity index (χ3n) is 6.63. The van der Waals surface area contributed by atoms with Crippen molar-refractivity contribution in [2.75, 3.05) is 20.3 Å². The number of aryl methyl sites for hydroxylation is 1. The molecule has 0 fully saturated rings. The van der Waals surface area contributed by atoms with E-state index in [9.17, 15) is 14.7 Å². The Morgan fingerprint density at radius 1 is 1.11 bits per heavy atom. The van der Waals surface area contributed by atoms with Gasteiger partial charge in [0.25, 0.3) is 0 Å².